The van der Waals surface area contributed by atoms with E-state index in [-0.39, 0.29) is 33.9 Å². The maximum Gasteiger partial charge on any atom is 0.338 e. The number of phenolic OH excluding ortho intramolecular Hbond substituents is 1. The molecule has 1 aliphatic rings. The topological polar surface area (TPSA) is 108 Å². The fraction of sp³-hybridized carbons (Fsp3) is 0.333. The van der Waals surface area contributed by atoms with E-state index in [1.165, 1.54) is 6.07 Å². The third-order valence-electron chi connectivity index (χ3n) is 7.11. The third-order valence-corrected chi connectivity index (χ3v) is 7.44. The Balaban J connectivity index is 1.05. The number of hydrogen-bond donors (Lipinski definition) is 1. The molecule has 0 spiro atoms. The highest BCUT2D eigenvalue weighted by molar-refractivity contribution is 6.18. The van der Waals surface area contributed by atoms with Gasteiger partial charge in [-0.1, -0.05) is 0 Å². The molecule has 2 heterocycles. The van der Waals surface area contributed by atoms with Crippen molar-refractivity contribution in [3.63, 3.8) is 0 Å². The van der Waals surface area contributed by atoms with Crippen molar-refractivity contribution in [1.29, 1.82) is 0 Å². The largest absolute Gasteiger partial charge is 0.504 e. The summed E-state index contributed by atoms with van der Waals surface area (Å²) in [5, 5.41) is 10.6. The number of unbranched alkanes of at least 4 members (excludes halogenated alkanes) is 2. The zero-order chi connectivity index (χ0) is 30.9. The minimum Gasteiger partial charge on any atom is -0.504 e. The van der Waals surface area contributed by atoms with E-state index >= 15 is 0 Å². The highest BCUT2D eigenvalue weighted by Gasteiger charge is 2.23. The van der Waals surface area contributed by atoms with Crippen LogP contribution in [0.2, 0.25) is 0 Å². The molecule has 0 aliphatic carbocycles. The number of rotatable bonds is 14. The zero-order valence-corrected chi connectivity index (χ0v) is 25.6. The first kappa shape index (κ1) is 31.3. The first-order valence-electron chi connectivity index (χ1n) is 14.4. The molecular weight excluding hydrogens is 609 g/mol. The van der Waals surface area contributed by atoms with Crippen molar-refractivity contribution in [3.8, 4) is 34.3 Å². The number of carbonyl (C=O) groups excluding carboxylic acids is 1. The Morgan fingerprint density at radius 3 is 2.32 bits per heavy atom. The van der Waals surface area contributed by atoms with Crippen molar-refractivity contribution in [3.05, 3.63) is 76.5 Å². The standard InChI is InChI=1S/C33H33Cl2NO8/c34-12-14-36(15-13-35)24-8-4-23(5-9-24)33(39)43-17-3-1-2-16-40-25-10-6-22(7-11-25)27-20-26(37)30-28(44-27)21-29-32(31(30)38)42-19-18-41-29/h4-11,20-21,38H,1-3,12-19H2. The molecule has 1 aliphatic heterocycles. The van der Waals surface area contributed by atoms with Crippen LogP contribution in [0.3, 0.4) is 0 Å². The number of alkyl halides is 2. The number of esters is 1. The molecule has 0 radical (unpaired) electrons. The Labute approximate surface area is 264 Å². The number of ether oxygens (including phenoxy) is 4. The van der Waals surface area contributed by atoms with E-state index < -0.39 is 0 Å². The van der Waals surface area contributed by atoms with Gasteiger partial charge in [0.15, 0.2) is 16.9 Å². The van der Waals surface area contributed by atoms with Crippen LogP contribution in [-0.2, 0) is 4.74 Å². The van der Waals surface area contributed by atoms with Crippen LogP contribution in [0.25, 0.3) is 22.3 Å². The molecule has 1 aromatic heterocycles. The molecule has 0 saturated heterocycles. The lowest BCUT2D eigenvalue weighted by Gasteiger charge is -2.22. The van der Waals surface area contributed by atoms with Crippen molar-refractivity contribution >= 4 is 45.8 Å². The first-order valence-corrected chi connectivity index (χ1v) is 15.5. The van der Waals surface area contributed by atoms with Crippen LogP contribution in [-0.4, -0.2) is 62.4 Å². The van der Waals surface area contributed by atoms with E-state index in [4.69, 9.17) is 46.6 Å². The Morgan fingerprint density at radius 1 is 0.886 bits per heavy atom. The van der Waals surface area contributed by atoms with E-state index in [1.54, 1.807) is 42.5 Å². The SMILES string of the molecule is O=C(OCCCCCOc1ccc(-c2cc(=O)c3c(O)c4c(cc3o2)OCCO4)cc1)c1ccc(N(CCCl)CCCl)cc1. The van der Waals surface area contributed by atoms with Gasteiger partial charge in [0.2, 0.25) is 5.75 Å². The molecule has 5 rings (SSSR count). The molecule has 0 saturated carbocycles. The predicted octanol–water partition coefficient (Wildman–Crippen LogP) is 6.63. The van der Waals surface area contributed by atoms with Gasteiger partial charge in [-0.25, -0.2) is 4.79 Å². The Morgan fingerprint density at radius 2 is 1.59 bits per heavy atom. The quantitative estimate of drug-likeness (QED) is 0.0922. The van der Waals surface area contributed by atoms with Gasteiger partial charge in [0.05, 0.1) is 18.8 Å². The number of anilines is 1. The van der Waals surface area contributed by atoms with E-state index in [9.17, 15) is 14.7 Å². The highest BCUT2D eigenvalue weighted by Crippen LogP contribution is 2.43. The second-order valence-electron chi connectivity index (χ2n) is 10.1. The summed E-state index contributed by atoms with van der Waals surface area (Å²) in [6.45, 7) is 2.83. The predicted molar refractivity (Wildman–Crippen MR) is 170 cm³/mol. The van der Waals surface area contributed by atoms with Crippen molar-refractivity contribution in [1.82, 2.24) is 0 Å². The average Bonchev–Trinajstić information content (AvgIpc) is 3.04. The maximum absolute atomic E-state index is 12.8. The smallest absolute Gasteiger partial charge is 0.338 e. The summed E-state index contributed by atoms with van der Waals surface area (Å²) < 4.78 is 28.2. The number of aromatic hydroxyl groups is 1. The number of halogens is 2. The van der Waals surface area contributed by atoms with Gasteiger partial charge < -0.3 is 33.4 Å². The lowest BCUT2D eigenvalue weighted by molar-refractivity contribution is 0.0497. The molecule has 4 aromatic rings. The molecule has 9 nitrogen and oxygen atoms in total. The van der Waals surface area contributed by atoms with Crippen LogP contribution < -0.4 is 24.5 Å². The molecule has 232 valence electrons. The molecule has 0 amide bonds. The molecule has 1 N–H and O–H groups in total. The van der Waals surface area contributed by atoms with Crippen LogP contribution in [0.15, 0.2) is 69.9 Å². The molecule has 0 unspecified atom stereocenters. The summed E-state index contributed by atoms with van der Waals surface area (Å²) >= 11 is 11.7. The first-order chi connectivity index (χ1) is 21.5. The Bertz CT molecular complexity index is 1620. The fourth-order valence-electron chi connectivity index (χ4n) is 4.86. The van der Waals surface area contributed by atoms with Crippen LogP contribution in [0.4, 0.5) is 5.69 Å². The summed E-state index contributed by atoms with van der Waals surface area (Å²) in [6.07, 6.45) is 2.36. The van der Waals surface area contributed by atoms with Crippen LogP contribution in [0.5, 0.6) is 23.0 Å². The van der Waals surface area contributed by atoms with E-state index in [1.807, 2.05) is 12.1 Å². The number of carbonyl (C=O) groups is 1. The maximum atomic E-state index is 12.8. The van der Waals surface area contributed by atoms with Gasteiger partial charge in [-0.3, -0.25) is 4.79 Å². The summed E-state index contributed by atoms with van der Waals surface area (Å²) in [4.78, 5) is 27.3. The van der Waals surface area contributed by atoms with Gasteiger partial charge in [-0.2, -0.15) is 0 Å². The molecule has 44 heavy (non-hydrogen) atoms. The Hall–Kier alpha value is -4.08. The van der Waals surface area contributed by atoms with E-state index in [0.717, 1.165) is 24.9 Å². The van der Waals surface area contributed by atoms with Gasteiger partial charge in [-0.15, -0.1) is 23.2 Å². The minimum atomic E-state index is -0.382. The summed E-state index contributed by atoms with van der Waals surface area (Å²) in [5.74, 6) is 1.88. The van der Waals surface area contributed by atoms with Crippen molar-refractivity contribution < 1.29 is 33.3 Å². The Kier molecular flexibility index (Phi) is 10.7. The third kappa shape index (κ3) is 7.52. The van der Waals surface area contributed by atoms with Crippen molar-refractivity contribution in [2.24, 2.45) is 0 Å². The van der Waals surface area contributed by atoms with Crippen LogP contribution in [0, 0.1) is 0 Å². The number of nitrogens with zero attached hydrogens (tertiary/aromatic N) is 1. The van der Waals surface area contributed by atoms with Gasteiger partial charge in [-0.05, 0) is 67.8 Å². The monoisotopic (exact) mass is 641 g/mol. The molecule has 0 atom stereocenters. The highest BCUT2D eigenvalue weighted by atomic mass is 35.5. The molecule has 0 fully saturated rings. The number of fused-ring (bicyclic) bond motifs is 2. The van der Waals surface area contributed by atoms with Gasteiger partial charge in [0.1, 0.15) is 35.7 Å². The molecular formula is C33H33Cl2NO8. The van der Waals surface area contributed by atoms with Crippen molar-refractivity contribution in [2.75, 3.05) is 56.2 Å². The second-order valence-corrected chi connectivity index (χ2v) is 10.8. The van der Waals surface area contributed by atoms with Crippen LogP contribution >= 0.6 is 23.2 Å². The number of benzene rings is 3. The summed E-state index contributed by atoms with van der Waals surface area (Å²) in [7, 11) is 0. The van der Waals surface area contributed by atoms with E-state index in [2.05, 4.69) is 4.90 Å². The minimum absolute atomic E-state index is 0.0510. The lowest BCUT2D eigenvalue weighted by Crippen LogP contribution is -2.27. The van der Waals surface area contributed by atoms with Crippen LogP contribution in [0.1, 0.15) is 29.6 Å². The summed E-state index contributed by atoms with van der Waals surface area (Å²) in [6, 6.07) is 17.4. The molecule has 3 aromatic carbocycles. The summed E-state index contributed by atoms with van der Waals surface area (Å²) in [5.41, 5.74) is 1.98. The van der Waals surface area contributed by atoms with E-state index in [0.29, 0.717) is 79.7 Å². The number of phenols is 1. The van der Waals surface area contributed by atoms with Gasteiger partial charge in [0, 0.05) is 48.2 Å². The molecule has 11 heteroatoms. The van der Waals surface area contributed by atoms with Gasteiger partial charge in [0.25, 0.3) is 0 Å². The molecule has 0 bridgehead atoms. The second kappa shape index (κ2) is 15.1. The average molecular weight is 643 g/mol. The fourth-order valence-corrected chi connectivity index (χ4v) is 5.27. The number of hydrogen-bond acceptors (Lipinski definition) is 9. The lowest BCUT2D eigenvalue weighted by atomic mass is 10.1. The van der Waals surface area contributed by atoms with Crippen molar-refractivity contribution in [2.45, 2.75) is 19.3 Å². The normalized spacial score (nSPS) is 12.2. The van der Waals surface area contributed by atoms with Gasteiger partial charge >= 0.3 is 5.97 Å². The zero-order valence-electron chi connectivity index (χ0n) is 24.1.